The van der Waals surface area contributed by atoms with Crippen molar-refractivity contribution < 1.29 is 23.9 Å². The van der Waals surface area contributed by atoms with Crippen molar-refractivity contribution in [3.8, 4) is 11.5 Å². The number of aryl methyl sites for hydroxylation is 1. The third kappa shape index (κ3) is 3.92. The second-order valence-electron chi connectivity index (χ2n) is 7.89. The van der Waals surface area contributed by atoms with Gasteiger partial charge in [-0.2, -0.15) is 0 Å². The van der Waals surface area contributed by atoms with Crippen LogP contribution in [0, 0.1) is 6.92 Å². The summed E-state index contributed by atoms with van der Waals surface area (Å²) < 4.78 is 11.3. The summed E-state index contributed by atoms with van der Waals surface area (Å²) >= 11 is 6.09. The molecule has 2 aromatic rings. The molecule has 0 radical (unpaired) electrons. The van der Waals surface area contributed by atoms with Crippen molar-refractivity contribution in [1.29, 1.82) is 0 Å². The quantitative estimate of drug-likeness (QED) is 0.530. The van der Waals surface area contributed by atoms with E-state index in [1.165, 1.54) is 6.92 Å². The van der Waals surface area contributed by atoms with Crippen LogP contribution < -0.4 is 9.47 Å². The highest BCUT2D eigenvalue weighted by atomic mass is 35.5. The number of hydrogen-bond donors (Lipinski definition) is 0. The van der Waals surface area contributed by atoms with E-state index in [0.717, 1.165) is 5.56 Å². The van der Waals surface area contributed by atoms with Gasteiger partial charge >= 0.3 is 5.97 Å². The second kappa shape index (κ2) is 7.76. The maximum Gasteiger partial charge on any atom is 0.308 e. The largest absolute Gasteiger partial charge is 0.486 e. The molecule has 0 saturated carbocycles. The fourth-order valence-corrected chi connectivity index (χ4v) is 4.40. The molecule has 2 heterocycles. The minimum Gasteiger partial charge on any atom is -0.486 e. The van der Waals surface area contributed by atoms with Gasteiger partial charge in [-0.3, -0.25) is 14.4 Å². The number of nitrogens with zero attached hydrogens (tertiary/aromatic N) is 1. The molecule has 156 valence electrons. The van der Waals surface area contributed by atoms with Crippen LogP contribution in [0.15, 0.2) is 36.4 Å². The number of fused-ring (bicyclic) bond motifs is 1. The van der Waals surface area contributed by atoms with Crippen molar-refractivity contribution >= 4 is 29.3 Å². The molecule has 1 saturated heterocycles. The lowest BCUT2D eigenvalue weighted by atomic mass is 9.82. The number of rotatable bonds is 2. The molecule has 0 aromatic heterocycles. The van der Waals surface area contributed by atoms with Crippen LogP contribution in [0.1, 0.15) is 52.5 Å². The Balaban J connectivity index is 1.45. The van der Waals surface area contributed by atoms with Crippen LogP contribution in [0.4, 0.5) is 0 Å². The molecule has 2 aliphatic rings. The average molecular weight is 428 g/mol. The Labute approximate surface area is 179 Å². The second-order valence-corrected chi connectivity index (χ2v) is 8.33. The monoisotopic (exact) mass is 427 g/mol. The summed E-state index contributed by atoms with van der Waals surface area (Å²) in [5.41, 5.74) is 1.32. The van der Waals surface area contributed by atoms with Crippen LogP contribution in [-0.2, 0) is 4.79 Å². The van der Waals surface area contributed by atoms with E-state index in [2.05, 4.69) is 0 Å². The predicted molar refractivity (Wildman–Crippen MR) is 111 cm³/mol. The van der Waals surface area contributed by atoms with E-state index in [-0.39, 0.29) is 11.7 Å². The lowest BCUT2D eigenvalue weighted by molar-refractivity contribution is -0.131. The molecule has 1 amide bonds. The van der Waals surface area contributed by atoms with Crippen LogP contribution in [0.5, 0.6) is 11.5 Å². The number of halogens is 1. The van der Waals surface area contributed by atoms with Crippen molar-refractivity contribution in [2.45, 2.75) is 38.7 Å². The highest BCUT2D eigenvalue weighted by Crippen LogP contribution is 2.42. The summed E-state index contributed by atoms with van der Waals surface area (Å²) in [4.78, 5) is 38.4. The smallest absolute Gasteiger partial charge is 0.308 e. The summed E-state index contributed by atoms with van der Waals surface area (Å²) in [6.45, 7) is 4.21. The standard InChI is InChI=1S/C23H22ClNO5/c1-14-11-17(24)12-19-20(27)13-23(30-21(14)19)7-9-25(10-8-23)22(28)16-3-5-18(6-4-16)29-15(2)26/h3-6,11-12H,7-10,13H2,1-2H3. The van der Waals surface area contributed by atoms with Crippen molar-refractivity contribution in [3.63, 3.8) is 0 Å². The van der Waals surface area contributed by atoms with Gasteiger partial charge in [0.15, 0.2) is 5.78 Å². The molecule has 6 nitrogen and oxygen atoms in total. The molecular weight excluding hydrogens is 406 g/mol. The number of ether oxygens (including phenoxy) is 2. The van der Waals surface area contributed by atoms with Crippen LogP contribution >= 0.6 is 11.6 Å². The lowest BCUT2D eigenvalue weighted by Gasteiger charge is -2.44. The van der Waals surface area contributed by atoms with Gasteiger partial charge in [0.1, 0.15) is 17.1 Å². The number of piperidine rings is 1. The first-order valence-corrected chi connectivity index (χ1v) is 10.2. The first-order valence-electron chi connectivity index (χ1n) is 9.86. The predicted octanol–water partition coefficient (Wildman–Crippen LogP) is 4.21. The van der Waals surface area contributed by atoms with Gasteiger partial charge < -0.3 is 14.4 Å². The number of carbonyl (C=O) groups excluding carboxylic acids is 3. The SMILES string of the molecule is CC(=O)Oc1ccc(C(=O)N2CCC3(CC2)CC(=O)c2cc(Cl)cc(C)c2O3)cc1. The molecule has 0 N–H and O–H groups in total. The van der Waals surface area contributed by atoms with Gasteiger partial charge in [-0.15, -0.1) is 0 Å². The van der Waals surface area contributed by atoms with E-state index < -0.39 is 11.6 Å². The summed E-state index contributed by atoms with van der Waals surface area (Å²) in [6, 6.07) is 9.97. The molecule has 0 bridgehead atoms. The van der Waals surface area contributed by atoms with Gasteiger partial charge in [0.2, 0.25) is 0 Å². The maximum absolute atomic E-state index is 12.9. The fraction of sp³-hybridized carbons (Fsp3) is 0.348. The number of benzene rings is 2. The number of esters is 1. The Morgan fingerprint density at radius 1 is 1.13 bits per heavy atom. The van der Waals surface area contributed by atoms with E-state index in [1.54, 1.807) is 41.3 Å². The van der Waals surface area contributed by atoms with Gasteiger partial charge in [0.05, 0.1) is 12.0 Å². The zero-order valence-corrected chi connectivity index (χ0v) is 17.6. The van der Waals surface area contributed by atoms with Crippen LogP contribution in [0.2, 0.25) is 5.02 Å². The Hall–Kier alpha value is -2.86. The molecule has 0 unspecified atom stereocenters. The molecule has 0 aliphatic carbocycles. The van der Waals surface area contributed by atoms with Crippen LogP contribution in [0.25, 0.3) is 0 Å². The van der Waals surface area contributed by atoms with Crippen molar-refractivity contribution in [3.05, 3.63) is 58.1 Å². The number of hydrogen-bond acceptors (Lipinski definition) is 5. The molecule has 7 heteroatoms. The zero-order valence-electron chi connectivity index (χ0n) is 16.9. The highest BCUT2D eigenvalue weighted by molar-refractivity contribution is 6.31. The number of likely N-dealkylation sites (tertiary alicyclic amines) is 1. The van der Waals surface area contributed by atoms with E-state index in [1.807, 2.05) is 6.92 Å². The minimum absolute atomic E-state index is 0.0303. The third-order valence-electron chi connectivity index (χ3n) is 5.67. The topological polar surface area (TPSA) is 72.9 Å². The minimum atomic E-state index is -0.585. The Kier molecular flexibility index (Phi) is 5.28. The van der Waals surface area contributed by atoms with E-state index in [9.17, 15) is 14.4 Å². The van der Waals surface area contributed by atoms with Gasteiger partial charge in [-0.1, -0.05) is 11.6 Å². The number of carbonyl (C=O) groups is 3. The third-order valence-corrected chi connectivity index (χ3v) is 5.88. The molecule has 4 rings (SSSR count). The average Bonchev–Trinajstić information content (AvgIpc) is 2.69. The van der Waals surface area contributed by atoms with E-state index >= 15 is 0 Å². The van der Waals surface area contributed by atoms with Gasteiger partial charge in [0.25, 0.3) is 5.91 Å². The van der Waals surface area contributed by atoms with Gasteiger partial charge in [-0.05, 0) is 48.9 Å². The molecule has 30 heavy (non-hydrogen) atoms. The van der Waals surface area contributed by atoms with Crippen LogP contribution in [-0.4, -0.2) is 41.3 Å². The normalized spacial score (nSPS) is 17.3. The van der Waals surface area contributed by atoms with Gasteiger partial charge in [-0.25, -0.2) is 0 Å². The summed E-state index contributed by atoms with van der Waals surface area (Å²) in [5, 5.41) is 0.527. The van der Waals surface area contributed by atoms with E-state index in [0.29, 0.717) is 60.0 Å². The fourth-order valence-electron chi connectivity index (χ4n) is 4.12. The summed E-state index contributed by atoms with van der Waals surface area (Å²) in [6.07, 6.45) is 1.45. The summed E-state index contributed by atoms with van der Waals surface area (Å²) in [7, 11) is 0. The van der Waals surface area contributed by atoms with Gasteiger partial charge in [0, 0.05) is 43.4 Å². The highest BCUT2D eigenvalue weighted by Gasteiger charge is 2.44. The molecule has 2 aromatic carbocycles. The number of ketones is 1. The van der Waals surface area contributed by atoms with Crippen molar-refractivity contribution in [1.82, 2.24) is 4.90 Å². The first-order chi connectivity index (χ1) is 14.3. The molecule has 2 aliphatic heterocycles. The molecule has 1 spiro atoms. The zero-order chi connectivity index (χ0) is 21.5. The molecule has 0 atom stereocenters. The molecule has 1 fully saturated rings. The van der Waals surface area contributed by atoms with E-state index in [4.69, 9.17) is 21.1 Å². The van der Waals surface area contributed by atoms with Crippen molar-refractivity contribution in [2.24, 2.45) is 0 Å². The lowest BCUT2D eigenvalue weighted by Crippen LogP contribution is -2.52. The van der Waals surface area contributed by atoms with Crippen LogP contribution in [0.3, 0.4) is 0 Å². The Morgan fingerprint density at radius 3 is 2.43 bits per heavy atom. The summed E-state index contributed by atoms with van der Waals surface area (Å²) in [5.74, 6) is 0.542. The molecular formula is C23H22ClNO5. The Bertz CT molecular complexity index is 1020. The van der Waals surface area contributed by atoms with Crippen molar-refractivity contribution in [2.75, 3.05) is 13.1 Å². The number of amides is 1. The first kappa shape index (κ1) is 20.4. The Morgan fingerprint density at radius 2 is 1.80 bits per heavy atom. The maximum atomic E-state index is 12.9. The number of Topliss-reactive ketones (excluding diaryl/α,β-unsaturated/α-hetero) is 1.